The Labute approximate surface area is 132 Å². The maximum absolute atomic E-state index is 3.63. The normalized spacial score (nSPS) is 18.3. The molecule has 1 heterocycles. The van der Waals surface area contributed by atoms with Crippen LogP contribution in [-0.2, 0) is 0 Å². The van der Waals surface area contributed by atoms with E-state index in [0.29, 0.717) is 6.04 Å². The number of nitrogens with zero attached hydrogens (tertiary/aromatic N) is 1. The molecular formula is C17H27BrN2. The fourth-order valence-electron chi connectivity index (χ4n) is 3.16. The van der Waals surface area contributed by atoms with E-state index >= 15 is 0 Å². The predicted octanol–water partition coefficient (Wildman–Crippen LogP) is 4.75. The summed E-state index contributed by atoms with van der Waals surface area (Å²) in [5, 5.41) is 3.54. The zero-order chi connectivity index (χ0) is 14.5. The van der Waals surface area contributed by atoms with Gasteiger partial charge in [0.2, 0.25) is 0 Å². The number of nitrogens with one attached hydrogen (secondary N) is 1. The molecule has 1 fully saturated rings. The number of hydrogen-bond donors (Lipinski definition) is 1. The first-order chi connectivity index (χ1) is 9.65. The summed E-state index contributed by atoms with van der Waals surface area (Å²) in [5.74, 6) is 0.924. The fourth-order valence-corrected chi connectivity index (χ4v) is 3.50. The second kappa shape index (κ2) is 7.46. The summed E-state index contributed by atoms with van der Waals surface area (Å²) in [5.41, 5.74) is 2.83. The molecule has 0 amide bonds. The third kappa shape index (κ3) is 3.76. The van der Waals surface area contributed by atoms with Crippen molar-refractivity contribution in [2.24, 2.45) is 5.92 Å². The van der Waals surface area contributed by atoms with Crippen LogP contribution in [0.1, 0.15) is 51.6 Å². The molecule has 3 heteroatoms. The third-order valence-corrected chi connectivity index (χ3v) is 5.00. The molecule has 112 valence electrons. The molecule has 1 N–H and O–H groups in total. The van der Waals surface area contributed by atoms with Gasteiger partial charge in [-0.2, -0.15) is 0 Å². The van der Waals surface area contributed by atoms with Crippen LogP contribution in [0, 0.1) is 5.92 Å². The molecule has 1 unspecified atom stereocenters. The van der Waals surface area contributed by atoms with Gasteiger partial charge in [-0.1, -0.05) is 42.3 Å². The lowest BCUT2D eigenvalue weighted by Gasteiger charge is -2.35. The van der Waals surface area contributed by atoms with Crippen LogP contribution in [-0.4, -0.2) is 19.6 Å². The van der Waals surface area contributed by atoms with Crippen molar-refractivity contribution in [1.82, 2.24) is 5.32 Å². The highest BCUT2D eigenvalue weighted by Crippen LogP contribution is 2.33. The van der Waals surface area contributed by atoms with E-state index in [1.54, 1.807) is 0 Å². The van der Waals surface area contributed by atoms with Gasteiger partial charge in [0.1, 0.15) is 0 Å². The van der Waals surface area contributed by atoms with Crippen LogP contribution in [0.5, 0.6) is 0 Å². The Hall–Kier alpha value is -0.540. The number of piperidine rings is 1. The number of benzene rings is 1. The summed E-state index contributed by atoms with van der Waals surface area (Å²) in [7, 11) is 0. The van der Waals surface area contributed by atoms with Gasteiger partial charge >= 0.3 is 0 Å². The van der Waals surface area contributed by atoms with E-state index in [4.69, 9.17) is 0 Å². The maximum Gasteiger partial charge on any atom is 0.0425 e. The summed E-state index contributed by atoms with van der Waals surface area (Å²) < 4.78 is 1.18. The summed E-state index contributed by atoms with van der Waals surface area (Å²) in [6, 6.07) is 7.12. The van der Waals surface area contributed by atoms with Gasteiger partial charge in [0.05, 0.1) is 0 Å². The van der Waals surface area contributed by atoms with Gasteiger partial charge in [0, 0.05) is 29.3 Å². The highest BCUT2D eigenvalue weighted by molar-refractivity contribution is 9.10. The molecule has 0 radical (unpaired) electrons. The van der Waals surface area contributed by atoms with Crippen molar-refractivity contribution in [3.8, 4) is 0 Å². The SMILES string of the molecule is CCNC(C)c1ccc(Br)cc1N1CCC(CC)CC1. The van der Waals surface area contributed by atoms with E-state index in [1.165, 1.54) is 48.1 Å². The van der Waals surface area contributed by atoms with Gasteiger partial charge in [-0.3, -0.25) is 0 Å². The molecule has 0 bridgehead atoms. The quantitative estimate of drug-likeness (QED) is 0.833. The second-order valence-electron chi connectivity index (χ2n) is 5.82. The van der Waals surface area contributed by atoms with Gasteiger partial charge in [-0.15, -0.1) is 0 Å². The van der Waals surface area contributed by atoms with E-state index in [1.807, 2.05) is 0 Å². The van der Waals surface area contributed by atoms with Gasteiger partial charge in [-0.05, 0) is 49.9 Å². The molecule has 2 nitrogen and oxygen atoms in total. The van der Waals surface area contributed by atoms with Crippen molar-refractivity contribution in [2.75, 3.05) is 24.5 Å². The second-order valence-corrected chi connectivity index (χ2v) is 6.74. The molecule has 0 saturated carbocycles. The molecule has 1 aromatic carbocycles. The maximum atomic E-state index is 3.63. The molecule has 1 saturated heterocycles. The first kappa shape index (κ1) is 15.8. The number of halogens is 1. The van der Waals surface area contributed by atoms with Crippen LogP contribution in [0.4, 0.5) is 5.69 Å². The largest absolute Gasteiger partial charge is 0.371 e. The Balaban J connectivity index is 2.19. The molecule has 1 aliphatic heterocycles. The third-order valence-electron chi connectivity index (χ3n) is 4.50. The van der Waals surface area contributed by atoms with Crippen LogP contribution in [0.2, 0.25) is 0 Å². The topological polar surface area (TPSA) is 15.3 Å². The summed E-state index contributed by atoms with van der Waals surface area (Å²) in [6.45, 7) is 10.1. The van der Waals surface area contributed by atoms with Gasteiger partial charge in [0.25, 0.3) is 0 Å². The Morgan fingerprint density at radius 3 is 2.60 bits per heavy atom. The highest BCUT2D eigenvalue weighted by atomic mass is 79.9. The lowest BCUT2D eigenvalue weighted by atomic mass is 9.93. The first-order valence-corrected chi connectivity index (χ1v) is 8.72. The van der Waals surface area contributed by atoms with Crippen molar-refractivity contribution in [3.63, 3.8) is 0 Å². The zero-order valence-corrected chi connectivity index (χ0v) is 14.5. The molecule has 0 aromatic heterocycles. The summed E-state index contributed by atoms with van der Waals surface area (Å²) in [6.07, 6.45) is 3.99. The average molecular weight is 339 g/mol. The van der Waals surface area contributed by atoms with Crippen molar-refractivity contribution in [1.29, 1.82) is 0 Å². The Kier molecular flexibility index (Phi) is 5.91. The number of rotatable bonds is 5. The van der Waals surface area contributed by atoms with Crippen molar-refractivity contribution >= 4 is 21.6 Å². The standard InChI is InChI=1S/C17H27BrN2/c1-4-14-8-10-20(11-9-14)17-12-15(18)6-7-16(17)13(3)19-5-2/h6-7,12-14,19H,4-5,8-11H2,1-3H3. The van der Waals surface area contributed by atoms with E-state index < -0.39 is 0 Å². The van der Waals surface area contributed by atoms with Crippen LogP contribution >= 0.6 is 15.9 Å². The van der Waals surface area contributed by atoms with Crippen LogP contribution in [0.25, 0.3) is 0 Å². The van der Waals surface area contributed by atoms with E-state index in [9.17, 15) is 0 Å². The highest BCUT2D eigenvalue weighted by Gasteiger charge is 2.21. The minimum absolute atomic E-state index is 0.409. The van der Waals surface area contributed by atoms with E-state index in [0.717, 1.165) is 12.5 Å². The smallest absolute Gasteiger partial charge is 0.0425 e. The molecule has 0 aliphatic carbocycles. The summed E-state index contributed by atoms with van der Waals surface area (Å²) in [4.78, 5) is 2.57. The van der Waals surface area contributed by atoms with Crippen LogP contribution < -0.4 is 10.2 Å². The van der Waals surface area contributed by atoms with Crippen molar-refractivity contribution in [3.05, 3.63) is 28.2 Å². The number of hydrogen-bond acceptors (Lipinski definition) is 2. The Bertz CT molecular complexity index is 425. The predicted molar refractivity (Wildman–Crippen MR) is 91.5 cm³/mol. The minimum Gasteiger partial charge on any atom is -0.371 e. The molecule has 0 spiro atoms. The zero-order valence-electron chi connectivity index (χ0n) is 13.0. The molecule has 1 atom stereocenters. The van der Waals surface area contributed by atoms with E-state index in [2.05, 4.69) is 65.1 Å². The Morgan fingerprint density at radius 1 is 1.30 bits per heavy atom. The first-order valence-electron chi connectivity index (χ1n) is 7.93. The van der Waals surface area contributed by atoms with Crippen LogP contribution in [0.15, 0.2) is 22.7 Å². The number of anilines is 1. The monoisotopic (exact) mass is 338 g/mol. The van der Waals surface area contributed by atoms with Crippen molar-refractivity contribution < 1.29 is 0 Å². The fraction of sp³-hybridized carbons (Fsp3) is 0.647. The van der Waals surface area contributed by atoms with Gasteiger partial charge in [-0.25, -0.2) is 0 Å². The lowest BCUT2D eigenvalue weighted by molar-refractivity contribution is 0.394. The van der Waals surface area contributed by atoms with Gasteiger partial charge in [0.15, 0.2) is 0 Å². The lowest BCUT2D eigenvalue weighted by Crippen LogP contribution is -2.34. The molecule has 1 aliphatic rings. The van der Waals surface area contributed by atoms with Gasteiger partial charge < -0.3 is 10.2 Å². The minimum atomic E-state index is 0.409. The average Bonchev–Trinajstić information content (AvgIpc) is 2.47. The summed E-state index contributed by atoms with van der Waals surface area (Å²) >= 11 is 3.63. The molecular weight excluding hydrogens is 312 g/mol. The van der Waals surface area contributed by atoms with Crippen LogP contribution in [0.3, 0.4) is 0 Å². The van der Waals surface area contributed by atoms with Crippen molar-refractivity contribution in [2.45, 2.75) is 46.1 Å². The Morgan fingerprint density at radius 2 is 2.00 bits per heavy atom. The molecule has 2 rings (SSSR count). The molecule has 20 heavy (non-hydrogen) atoms. The van der Waals surface area contributed by atoms with E-state index in [-0.39, 0.29) is 0 Å². The molecule has 1 aromatic rings.